The topological polar surface area (TPSA) is 50.4 Å². The molecule has 0 saturated heterocycles. The molecule has 0 aromatic heterocycles. The zero-order chi connectivity index (χ0) is 14.8. The molecule has 0 spiro atoms. The fourth-order valence-corrected chi connectivity index (χ4v) is 2.98. The minimum absolute atomic E-state index is 0.257. The molecule has 0 aromatic rings. The molecule has 4 nitrogen and oxygen atoms in total. The van der Waals surface area contributed by atoms with Crippen LogP contribution < -0.4 is 10.6 Å². The Morgan fingerprint density at radius 2 is 1.85 bits per heavy atom. The highest BCUT2D eigenvalue weighted by molar-refractivity contribution is 5.68. The number of hydrogen-bond acceptors (Lipinski definition) is 3. The van der Waals surface area contributed by atoms with E-state index in [-0.39, 0.29) is 12.1 Å². The Hall–Kier alpha value is -0.770. The summed E-state index contributed by atoms with van der Waals surface area (Å²) in [6, 6.07) is 0.809. The first kappa shape index (κ1) is 15.6. The van der Waals surface area contributed by atoms with Crippen molar-refractivity contribution in [2.75, 3.05) is 6.54 Å². The van der Waals surface area contributed by atoms with Gasteiger partial charge in [-0.05, 0) is 71.3 Å². The Morgan fingerprint density at radius 1 is 1.20 bits per heavy atom. The summed E-state index contributed by atoms with van der Waals surface area (Å²) in [6.45, 7) is 9.16. The fourth-order valence-electron chi connectivity index (χ4n) is 2.98. The van der Waals surface area contributed by atoms with Crippen LogP contribution in [-0.2, 0) is 4.74 Å². The van der Waals surface area contributed by atoms with E-state index in [1.165, 1.54) is 19.3 Å². The molecular formula is C16H30N2O2. The second-order valence-corrected chi connectivity index (χ2v) is 7.59. The Bertz CT molecular complexity index is 338. The van der Waals surface area contributed by atoms with Crippen LogP contribution in [0.5, 0.6) is 0 Å². The monoisotopic (exact) mass is 282 g/mol. The van der Waals surface area contributed by atoms with Gasteiger partial charge in [0.2, 0.25) is 0 Å². The van der Waals surface area contributed by atoms with Gasteiger partial charge in [0, 0.05) is 12.1 Å². The minimum Gasteiger partial charge on any atom is -0.444 e. The van der Waals surface area contributed by atoms with Gasteiger partial charge < -0.3 is 15.4 Å². The van der Waals surface area contributed by atoms with Crippen LogP contribution >= 0.6 is 0 Å². The Morgan fingerprint density at radius 3 is 2.45 bits per heavy atom. The summed E-state index contributed by atoms with van der Waals surface area (Å²) in [5, 5.41) is 6.69. The number of ether oxygens (including phenoxy) is 1. The van der Waals surface area contributed by atoms with Crippen molar-refractivity contribution in [1.82, 2.24) is 10.6 Å². The highest BCUT2D eigenvalue weighted by Crippen LogP contribution is 2.37. The first-order valence-corrected chi connectivity index (χ1v) is 8.06. The van der Waals surface area contributed by atoms with Crippen LogP contribution in [0.3, 0.4) is 0 Å². The predicted octanol–water partition coefficient (Wildman–Crippen LogP) is 3.07. The third-order valence-corrected chi connectivity index (χ3v) is 4.34. The van der Waals surface area contributed by atoms with Crippen molar-refractivity contribution < 1.29 is 9.53 Å². The molecule has 2 aliphatic carbocycles. The Labute approximate surface area is 123 Å². The average Bonchev–Trinajstić information content (AvgIpc) is 3.00. The van der Waals surface area contributed by atoms with Gasteiger partial charge in [0.1, 0.15) is 5.60 Å². The van der Waals surface area contributed by atoms with Crippen LogP contribution in [-0.4, -0.2) is 30.3 Å². The molecule has 0 bridgehead atoms. The van der Waals surface area contributed by atoms with Gasteiger partial charge in [0.15, 0.2) is 0 Å². The number of carbonyl (C=O) groups excluding carboxylic acids is 1. The van der Waals surface area contributed by atoms with Crippen LogP contribution in [0.4, 0.5) is 4.79 Å². The number of carbonyl (C=O) groups is 1. The molecule has 4 atom stereocenters. The summed E-state index contributed by atoms with van der Waals surface area (Å²) in [7, 11) is 0. The molecule has 2 N–H and O–H groups in total. The highest BCUT2D eigenvalue weighted by atomic mass is 16.6. The van der Waals surface area contributed by atoms with E-state index in [0.717, 1.165) is 31.2 Å². The van der Waals surface area contributed by atoms with Gasteiger partial charge in [-0.1, -0.05) is 6.92 Å². The van der Waals surface area contributed by atoms with E-state index in [0.29, 0.717) is 6.04 Å². The molecule has 2 saturated carbocycles. The van der Waals surface area contributed by atoms with E-state index < -0.39 is 5.60 Å². The molecule has 116 valence electrons. The molecule has 4 heteroatoms. The van der Waals surface area contributed by atoms with Crippen molar-refractivity contribution in [2.45, 2.75) is 77.5 Å². The van der Waals surface area contributed by atoms with Gasteiger partial charge in [-0.3, -0.25) is 0 Å². The number of amides is 1. The van der Waals surface area contributed by atoms with Crippen molar-refractivity contribution in [2.24, 2.45) is 11.8 Å². The number of hydrogen-bond donors (Lipinski definition) is 2. The molecule has 0 heterocycles. The van der Waals surface area contributed by atoms with Crippen molar-refractivity contribution in [3.8, 4) is 0 Å². The number of nitrogens with one attached hydrogen (secondary N) is 2. The molecule has 0 aliphatic heterocycles. The summed E-state index contributed by atoms with van der Waals surface area (Å²) in [5.41, 5.74) is -0.418. The van der Waals surface area contributed by atoms with E-state index >= 15 is 0 Å². The molecule has 2 fully saturated rings. The molecule has 2 rings (SSSR count). The van der Waals surface area contributed by atoms with Gasteiger partial charge >= 0.3 is 6.09 Å². The lowest BCUT2D eigenvalue weighted by molar-refractivity contribution is 0.0488. The first-order valence-electron chi connectivity index (χ1n) is 8.06. The van der Waals surface area contributed by atoms with E-state index in [9.17, 15) is 4.79 Å². The largest absolute Gasteiger partial charge is 0.444 e. The quantitative estimate of drug-likeness (QED) is 0.833. The number of rotatable bonds is 4. The summed E-state index contributed by atoms with van der Waals surface area (Å²) in [6.07, 6.45) is 5.60. The molecule has 2 aliphatic rings. The third kappa shape index (κ3) is 5.31. The molecular weight excluding hydrogens is 252 g/mol. The lowest BCUT2D eigenvalue weighted by Crippen LogP contribution is -2.46. The maximum absolute atomic E-state index is 11.8. The molecule has 1 amide bonds. The van der Waals surface area contributed by atoms with Crippen LogP contribution in [0.25, 0.3) is 0 Å². The standard InChI is InChI=1S/C16H30N2O2/c1-11-8-12(11)10-17-13-6-5-7-14(9-13)18-15(19)20-16(2,3)4/h11-14,17H,5-10H2,1-4H3,(H,18,19). The fraction of sp³-hybridized carbons (Fsp3) is 0.938. The van der Waals surface area contributed by atoms with Crippen molar-refractivity contribution in [3.63, 3.8) is 0 Å². The maximum Gasteiger partial charge on any atom is 0.407 e. The summed E-state index contributed by atoms with van der Waals surface area (Å²) >= 11 is 0. The predicted molar refractivity (Wildman–Crippen MR) is 80.7 cm³/mol. The van der Waals surface area contributed by atoms with Gasteiger partial charge in [0.05, 0.1) is 0 Å². The van der Waals surface area contributed by atoms with Crippen molar-refractivity contribution >= 4 is 6.09 Å². The number of alkyl carbamates (subject to hydrolysis) is 1. The smallest absolute Gasteiger partial charge is 0.407 e. The van der Waals surface area contributed by atoms with Gasteiger partial charge in [-0.25, -0.2) is 4.79 Å². The minimum atomic E-state index is -0.418. The lowest BCUT2D eigenvalue weighted by atomic mass is 9.91. The van der Waals surface area contributed by atoms with Gasteiger partial charge in [0.25, 0.3) is 0 Å². The summed E-state index contributed by atoms with van der Waals surface area (Å²) in [5.74, 6) is 1.79. The SMILES string of the molecule is CC1CC1CNC1CCCC(NC(=O)OC(C)(C)C)C1. The molecule has 0 radical (unpaired) electrons. The summed E-state index contributed by atoms with van der Waals surface area (Å²) < 4.78 is 5.33. The van der Waals surface area contributed by atoms with Crippen LogP contribution in [0.15, 0.2) is 0 Å². The molecule has 0 aromatic carbocycles. The van der Waals surface area contributed by atoms with E-state index in [2.05, 4.69) is 17.6 Å². The van der Waals surface area contributed by atoms with E-state index in [1.807, 2.05) is 20.8 Å². The third-order valence-electron chi connectivity index (χ3n) is 4.34. The second kappa shape index (κ2) is 6.33. The van der Waals surface area contributed by atoms with E-state index in [4.69, 9.17) is 4.74 Å². The average molecular weight is 282 g/mol. The highest BCUT2D eigenvalue weighted by Gasteiger charge is 2.33. The first-order chi connectivity index (χ1) is 9.33. The van der Waals surface area contributed by atoms with Crippen LogP contribution in [0.1, 0.15) is 59.8 Å². The zero-order valence-electron chi connectivity index (χ0n) is 13.4. The van der Waals surface area contributed by atoms with E-state index in [1.54, 1.807) is 0 Å². The van der Waals surface area contributed by atoms with Gasteiger partial charge in [-0.15, -0.1) is 0 Å². The second-order valence-electron chi connectivity index (χ2n) is 7.59. The zero-order valence-corrected chi connectivity index (χ0v) is 13.4. The maximum atomic E-state index is 11.8. The lowest BCUT2D eigenvalue weighted by Gasteiger charge is -2.31. The normalized spacial score (nSPS) is 33.6. The molecule has 4 unspecified atom stereocenters. The Balaban J connectivity index is 1.68. The molecule has 20 heavy (non-hydrogen) atoms. The Kier molecular flexibility index (Phi) is 4.95. The van der Waals surface area contributed by atoms with Crippen LogP contribution in [0, 0.1) is 11.8 Å². The van der Waals surface area contributed by atoms with Gasteiger partial charge in [-0.2, -0.15) is 0 Å². The van der Waals surface area contributed by atoms with Crippen molar-refractivity contribution in [3.05, 3.63) is 0 Å². The summed E-state index contributed by atoms with van der Waals surface area (Å²) in [4.78, 5) is 11.8. The van der Waals surface area contributed by atoms with Crippen molar-refractivity contribution in [1.29, 1.82) is 0 Å². The van der Waals surface area contributed by atoms with Crippen LogP contribution in [0.2, 0.25) is 0 Å².